The van der Waals surface area contributed by atoms with E-state index in [-0.39, 0.29) is 10.8 Å². The van der Waals surface area contributed by atoms with Gasteiger partial charge < -0.3 is 9.47 Å². The zero-order valence-electron chi connectivity index (χ0n) is 13.3. The molecule has 0 heterocycles. The number of hydrogen-bond donors (Lipinski definition) is 0. The first-order chi connectivity index (χ1) is 9.28. The van der Waals surface area contributed by atoms with E-state index in [0.29, 0.717) is 11.3 Å². The minimum Gasteiger partial charge on any atom is -0.496 e. The molecule has 0 atom stereocenters. The molecule has 0 amide bonds. The van der Waals surface area contributed by atoms with Gasteiger partial charge in [-0.2, -0.15) is 0 Å². The Labute approximate surface area is 121 Å². The van der Waals surface area contributed by atoms with Crippen LogP contribution >= 0.6 is 0 Å². The molecule has 1 aliphatic carbocycles. The lowest BCUT2D eigenvalue weighted by Crippen LogP contribution is -2.35. The number of carbonyl (C=O) groups is 1. The topological polar surface area (TPSA) is 35.5 Å². The number of rotatable bonds is 3. The second-order valence-electron chi connectivity index (χ2n) is 6.84. The van der Waals surface area contributed by atoms with Crippen molar-refractivity contribution in [3.63, 3.8) is 0 Å². The van der Waals surface area contributed by atoms with Gasteiger partial charge in [0.05, 0.1) is 19.8 Å². The van der Waals surface area contributed by atoms with E-state index in [1.807, 2.05) is 0 Å². The van der Waals surface area contributed by atoms with Gasteiger partial charge in [0.1, 0.15) is 11.5 Å². The number of methoxy groups -OCH3 is 2. The van der Waals surface area contributed by atoms with Gasteiger partial charge in [0.25, 0.3) is 0 Å². The highest BCUT2D eigenvalue weighted by Gasteiger charge is 2.42. The Hall–Kier alpha value is -1.51. The number of aldehydes is 1. The normalized spacial score (nSPS) is 19.1. The summed E-state index contributed by atoms with van der Waals surface area (Å²) in [5, 5.41) is 0. The number of hydrogen-bond acceptors (Lipinski definition) is 3. The Balaban J connectivity index is 2.91. The van der Waals surface area contributed by atoms with E-state index in [0.717, 1.165) is 30.4 Å². The molecule has 0 unspecified atom stereocenters. The molecule has 0 aliphatic heterocycles. The standard InChI is InChI=1S/C17H24O3/c1-16(2)7-8-17(3,4)14-13(16)12(19-5)9-11(10-18)15(14)20-6/h9-10H,7-8H2,1-6H3. The second-order valence-corrected chi connectivity index (χ2v) is 6.84. The Morgan fingerprint density at radius 3 is 2.00 bits per heavy atom. The molecular formula is C17H24O3. The largest absolute Gasteiger partial charge is 0.496 e. The molecule has 1 aliphatic rings. The van der Waals surface area contributed by atoms with Crippen LogP contribution in [0.2, 0.25) is 0 Å². The molecule has 0 radical (unpaired) electrons. The van der Waals surface area contributed by atoms with Crippen molar-refractivity contribution in [2.75, 3.05) is 14.2 Å². The van der Waals surface area contributed by atoms with E-state index >= 15 is 0 Å². The molecule has 0 N–H and O–H groups in total. The minimum atomic E-state index is -0.0253. The van der Waals surface area contributed by atoms with Gasteiger partial charge in [-0.15, -0.1) is 0 Å². The fourth-order valence-corrected chi connectivity index (χ4v) is 3.32. The van der Waals surface area contributed by atoms with Crippen LogP contribution in [-0.2, 0) is 10.8 Å². The van der Waals surface area contributed by atoms with Crippen molar-refractivity contribution < 1.29 is 14.3 Å². The molecule has 3 heteroatoms. The summed E-state index contributed by atoms with van der Waals surface area (Å²) in [5.41, 5.74) is 2.86. The van der Waals surface area contributed by atoms with Crippen LogP contribution in [0.25, 0.3) is 0 Å². The molecule has 0 bridgehead atoms. The Morgan fingerprint density at radius 2 is 1.55 bits per heavy atom. The van der Waals surface area contributed by atoms with Gasteiger partial charge in [-0.25, -0.2) is 0 Å². The van der Waals surface area contributed by atoms with Crippen molar-refractivity contribution in [1.82, 2.24) is 0 Å². The quantitative estimate of drug-likeness (QED) is 0.786. The van der Waals surface area contributed by atoms with E-state index in [2.05, 4.69) is 27.7 Å². The fourth-order valence-electron chi connectivity index (χ4n) is 3.32. The summed E-state index contributed by atoms with van der Waals surface area (Å²) in [7, 11) is 3.29. The van der Waals surface area contributed by atoms with Crippen molar-refractivity contribution in [1.29, 1.82) is 0 Å². The van der Waals surface area contributed by atoms with E-state index in [9.17, 15) is 4.79 Å². The molecule has 1 aromatic rings. The molecule has 0 saturated carbocycles. The summed E-state index contributed by atoms with van der Waals surface area (Å²) in [6.07, 6.45) is 3.00. The van der Waals surface area contributed by atoms with E-state index in [4.69, 9.17) is 9.47 Å². The number of carbonyl (C=O) groups excluding carboxylic acids is 1. The summed E-state index contributed by atoms with van der Waals surface area (Å²) < 4.78 is 11.1. The van der Waals surface area contributed by atoms with Crippen molar-refractivity contribution in [3.8, 4) is 11.5 Å². The van der Waals surface area contributed by atoms with Crippen molar-refractivity contribution in [3.05, 3.63) is 22.8 Å². The van der Waals surface area contributed by atoms with Crippen LogP contribution in [0.3, 0.4) is 0 Å². The fraction of sp³-hybridized carbons (Fsp3) is 0.588. The molecule has 2 rings (SSSR count). The highest BCUT2D eigenvalue weighted by molar-refractivity contribution is 5.83. The van der Waals surface area contributed by atoms with Gasteiger partial charge in [0, 0.05) is 11.1 Å². The molecule has 1 aromatic carbocycles. The predicted molar refractivity (Wildman–Crippen MR) is 80.2 cm³/mol. The molecule has 0 aromatic heterocycles. The highest BCUT2D eigenvalue weighted by Crippen LogP contribution is 2.53. The average Bonchev–Trinajstić information content (AvgIpc) is 2.41. The zero-order valence-corrected chi connectivity index (χ0v) is 13.3. The first-order valence-electron chi connectivity index (χ1n) is 7.03. The van der Waals surface area contributed by atoms with E-state index < -0.39 is 0 Å². The lowest BCUT2D eigenvalue weighted by atomic mass is 9.62. The van der Waals surface area contributed by atoms with Gasteiger partial charge in [-0.3, -0.25) is 4.79 Å². The van der Waals surface area contributed by atoms with E-state index in [1.54, 1.807) is 20.3 Å². The summed E-state index contributed by atoms with van der Waals surface area (Å²) in [4.78, 5) is 11.4. The zero-order chi connectivity index (χ0) is 15.1. The van der Waals surface area contributed by atoms with Crippen molar-refractivity contribution in [2.24, 2.45) is 0 Å². The maximum atomic E-state index is 11.4. The van der Waals surface area contributed by atoms with Crippen LogP contribution < -0.4 is 9.47 Å². The average molecular weight is 276 g/mol. The molecule has 110 valence electrons. The predicted octanol–water partition coefficient (Wildman–Crippen LogP) is 3.87. The molecule has 0 saturated heterocycles. The van der Waals surface area contributed by atoms with Gasteiger partial charge in [-0.1, -0.05) is 27.7 Å². The Bertz CT molecular complexity index is 542. The summed E-state index contributed by atoms with van der Waals surface area (Å²) in [6.45, 7) is 8.86. The maximum Gasteiger partial charge on any atom is 0.153 e. The van der Waals surface area contributed by atoms with Crippen molar-refractivity contribution in [2.45, 2.75) is 51.4 Å². The maximum absolute atomic E-state index is 11.4. The lowest BCUT2D eigenvalue weighted by molar-refractivity contribution is 0.111. The number of benzene rings is 1. The third-order valence-corrected chi connectivity index (χ3v) is 4.55. The molecular weight excluding hydrogens is 252 g/mol. The Morgan fingerprint density at radius 1 is 1.00 bits per heavy atom. The van der Waals surface area contributed by atoms with E-state index in [1.165, 1.54) is 5.56 Å². The number of fused-ring (bicyclic) bond motifs is 1. The van der Waals surface area contributed by atoms with Gasteiger partial charge in [0.2, 0.25) is 0 Å². The smallest absolute Gasteiger partial charge is 0.153 e. The van der Waals surface area contributed by atoms with Gasteiger partial charge in [-0.05, 0) is 29.7 Å². The first-order valence-corrected chi connectivity index (χ1v) is 7.03. The summed E-state index contributed by atoms with van der Waals surface area (Å²) >= 11 is 0. The number of ether oxygens (including phenoxy) is 2. The SMILES string of the molecule is COc1cc(C=O)c(OC)c2c1C(C)(C)CCC2(C)C. The second kappa shape index (κ2) is 4.80. The van der Waals surface area contributed by atoms with Crippen LogP contribution in [0.4, 0.5) is 0 Å². The lowest BCUT2D eigenvalue weighted by Gasteiger charge is -2.43. The molecule has 3 nitrogen and oxygen atoms in total. The van der Waals surface area contributed by atoms with Crippen LogP contribution in [0.15, 0.2) is 6.07 Å². The molecule has 0 spiro atoms. The van der Waals surface area contributed by atoms with Gasteiger partial charge in [0.15, 0.2) is 6.29 Å². The first kappa shape index (κ1) is 14.9. The monoisotopic (exact) mass is 276 g/mol. The van der Waals surface area contributed by atoms with Crippen LogP contribution in [-0.4, -0.2) is 20.5 Å². The molecule has 0 fully saturated rings. The summed E-state index contributed by atoms with van der Waals surface area (Å²) in [5.74, 6) is 1.49. The van der Waals surface area contributed by atoms with Crippen LogP contribution in [0, 0.1) is 0 Å². The highest BCUT2D eigenvalue weighted by atomic mass is 16.5. The summed E-state index contributed by atoms with van der Waals surface area (Å²) in [6, 6.07) is 1.80. The van der Waals surface area contributed by atoms with Crippen LogP contribution in [0.5, 0.6) is 11.5 Å². The minimum absolute atomic E-state index is 0.0187. The molecule has 20 heavy (non-hydrogen) atoms. The van der Waals surface area contributed by atoms with Crippen LogP contribution in [0.1, 0.15) is 62.0 Å². The third-order valence-electron chi connectivity index (χ3n) is 4.55. The third kappa shape index (κ3) is 2.09. The Kier molecular flexibility index (Phi) is 3.57. The van der Waals surface area contributed by atoms with Crippen molar-refractivity contribution >= 4 is 6.29 Å². The van der Waals surface area contributed by atoms with Gasteiger partial charge >= 0.3 is 0 Å².